The van der Waals surface area contributed by atoms with Crippen LogP contribution in [0.1, 0.15) is 36.0 Å². The minimum absolute atomic E-state index is 0.0559. The summed E-state index contributed by atoms with van der Waals surface area (Å²) in [6, 6.07) is 5.55. The number of aromatic nitrogens is 5. The van der Waals surface area contributed by atoms with Crippen molar-refractivity contribution in [2.45, 2.75) is 32.4 Å². The van der Waals surface area contributed by atoms with Gasteiger partial charge in [-0.1, -0.05) is 6.07 Å². The molecule has 130 valence electrons. The first-order chi connectivity index (χ1) is 12.0. The molecule has 0 saturated carbocycles. The normalized spacial score (nSPS) is 18.2. The van der Waals surface area contributed by atoms with Gasteiger partial charge in [0.15, 0.2) is 5.82 Å². The molecule has 1 aliphatic heterocycles. The number of anilines is 1. The van der Waals surface area contributed by atoms with E-state index in [0.717, 1.165) is 36.5 Å². The van der Waals surface area contributed by atoms with Crippen LogP contribution in [0.25, 0.3) is 5.65 Å². The minimum atomic E-state index is -0.0559. The second kappa shape index (κ2) is 5.96. The fourth-order valence-electron chi connectivity index (χ4n) is 3.46. The Bertz CT molecular complexity index is 971. The molecular weight excluding hydrogens is 318 g/mol. The first-order valence-electron chi connectivity index (χ1n) is 8.41. The number of aryl methyl sites for hydroxylation is 2. The number of pyridine rings is 1. The lowest BCUT2D eigenvalue weighted by Crippen LogP contribution is -2.26. The van der Waals surface area contributed by atoms with Crippen LogP contribution >= 0.6 is 0 Å². The molecule has 3 aromatic rings. The largest absolute Gasteiger partial charge is 0.368 e. The third-order valence-corrected chi connectivity index (χ3v) is 4.78. The number of hydrogen-bond donors (Lipinski definition) is 1. The van der Waals surface area contributed by atoms with E-state index in [1.54, 1.807) is 28.4 Å². The van der Waals surface area contributed by atoms with E-state index in [2.05, 4.69) is 15.0 Å². The quantitative estimate of drug-likeness (QED) is 0.766. The summed E-state index contributed by atoms with van der Waals surface area (Å²) in [5.74, 6) is 1.16. The van der Waals surface area contributed by atoms with Crippen molar-refractivity contribution in [1.82, 2.24) is 29.0 Å². The van der Waals surface area contributed by atoms with Crippen molar-refractivity contribution in [3.8, 4) is 0 Å². The second-order valence-corrected chi connectivity index (χ2v) is 6.55. The third-order valence-electron chi connectivity index (χ3n) is 4.78. The summed E-state index contributed by atoms with van der Waals surface area (Å²) in [7, 11) is 1.79. The third kappa shape index (κ3) is 2.78. The molecule has 2 N–H and O–H groups in total. The number of hydrogen-bond acceptors (Lipinski definition) is 6. The zero-order valence-corrected chi connectivity index (χ0v) is 14.4. The van der Waals surface area contributed by atoms with Gasteiger partial charge in [0.1, 0.15) is 5.65 Å². The number of likely N-dealkylation sites (tertiary alicyclic amines) is 1. The first kappa shape index (κ1) is 15.8. The van der Waals surface area contributed by atoms with E-state index >= 15 is 0 Å². The predicted molar refractivity (Wildman–Crippen MR) is 94.0 cm³/mol. The molecule has 0 spiro atoms. The van der Waals surface area contributed by atoms with Crippen molar-refractivity contribution in [2.75, 3.05) is 12.3 Å². The molecule has 4 rings (SSSR count). The highest BCUT2D eigenvalue weighted by Crippen LogP contribution is 2.31. The van der Waals surface area contributed by atoms with Crippen LogP contribution in [0.15, 0.2) is 29.2 Å². The van der Waals surface area contributed by atoms with Gasteiger partial charge in [0.2, 0.25) is 5.95 Å². The van der Waals surface area contributed by atoms with Gasteiger partial charge in [-0.2, -0.15) is 10.1 Å². The van der Waals surface area contributed by atoms with Crippen molar-refractivity contribution in [3.05, 3.63) is 51.8 Å². The van der Waals surface area contributed by atoms with Gasteiger partial charge in [0.25, 0.3) is 5.56 Å². The van der Waals surface area contributed by atoms with E-state index < -0.39 is 0 Å². The Balaban J connectivity index is 1.66. The summed E-state index contributed by atoms with van der Waals surface area (Å²) < 4.78 is 3.18. The molecule has 1 saturated heterocycles. The van der Waals surface area contributed by atoms with E-state index in [1.165, 1.54) is 0 Å². The number of nitrogens with two attached hydrogens (primary N) is 1. The van der Waals surface area contributed by atoms with Crippen molar-refractivity contribution in [3.63, 3.8) is 0 Å². The number of fused-ring (bicyclic) bond motifs is 1. The van der Waals surface area contributed by atoms with E-state index in [9.17, 15) is 4.79 Å². The number of nitrogens with zero attached hydrogens (tertiary/aromatic N) is 6. The highest BCUT2D eigenvalue weighted by atomic mass is 16.1. The molecular formula is C17H21N7O. The molecule has 0 amide bonds. The lowest BCUT2D eigenvalue weighted by molar-refractivity contribution is 0.237. The van der Waals surface area contributed by atoms with Gasteiger partial charge >= 0.3 is 0 Å². The maximum atomic E-state index is 12.4. The zero-order chi connectivity index (χ0) is 17.6. The predicted octanol–water partition coefficient (Wildman–Crippen LogP) is 1.05. The molecule has 25 heavy (non-hydrogen) atoms. The molecule has 0 aliphatic carbocycles. The standard InChI is InChI=1S/C17H21N7O/c1-11-5-3-8-24-14(25)9-12(19-16(11)24)10-23-7-4-6-13(23)15-20-17(18)22(2)21-15/h3,5,8-9,13H,4,6-7,10H2,1-2H3,(H2,18,20,21). The molecule has 4 heterocycles. The maximum Gasteiger partial charge on any atom is 0.258 e. The summed E-state index contributed by atoms with van der Waals surface area (Å²) >= 11 is 0. The topological polar surface area (TPSA) is 94.3 Å². The van der Waals surface area contributed by atoms with E-state index in [-0.39, 0.29) is 11.6 Å². The van der Waals surface area contributed by atoms with Crippen LogP contribution in [-0.4, -0.2) is 35.6 Å². The van der Waals surface area contributed by atoms with Crippen LogP contribution in [0.2, 0.25) is 0 Å². The molecule has 8 heteroatoms. The summed E-state index contributed by atoms with van der Waals surface area (Å²) in [6.45, 7) is 3.49. The van der Waals surface area contributed by atoms with Crippen LogP contribution in [0.4, 0.5) is 5.95 Å². The molecule has 1 atom stereocenters. The Morgan fingerprint density at radius 3 is 2.96 bits per heavy atom. The van der Waals surface area contributed by atoms with Gasteiger partial charge < -0.3 is 5.73 Å². The van der Waals surface area contributed by atoms with Crippen molar-refractivity contribution in [2.24, 2.45) is 7.05 Å². The molecule has 0 bridgehead atoms. The monoisotopic (exact) mass is 339 g/mol. The van der Waals surface area contributed by atoms with E-state index in [4.69, 9.17) is 10.7 Å². The van der Waals surface area contributed by atoms with Crippen molar-refractivity contribution < 1.29 is 0 Å². The SMILES string of the molecule is Cc1cccn2c(=O)cc(CN3CCCC3c3nc(N)n(C)n3)nc12. The minimum Gasteiger partial charge on any atom is -0.368 e. The highest BCUT2D eigenvalue weighted by Gasteiger charge is 2.30. The van der Waals surface area contributed by atoms with Gasteiger partial charge in [-0.15, -0.1) is 0 Å². The van der Waals surface area contributed by atoms with Crippen LogP contribution in [0, 0.1) is 6.92 Å². The molecule has 0 aromatic carbocycles. The van der Waals surface area contributed by atoms with Gasteiger partial charge in [-0.05, 0) is 37.9 Å². The average Bonchev–Trinajstić information content (AvgIpc) is 3.15. The van der Waals surface area contributed by atoms with Gasteiger partial charge in [0, 0.05) is 25.9 Å². The average molecular weight is 339 g/mol. The Morgan fingerprint density at radius 1 is 1.36 bits per heavy atom. The molecule has 8 nitrogen and oxygen atoms in total. The molecule has 1 unspecified atom stereocenters. The maximum absolute atomic E-state index is 12.4. The van der Waals surface area contributed by atoms with Crippen LogP contribution in [0.3, 0.4) is 0 Å². The van der Waals surface area contributed by atoms with Crippen LogP contribution in [0.5, 0.6) is 0 Å². The lowest BCUT2D eigenvalue weighted by atomic mass is 10.2. The summed E-state index contributed by atoms with van der Waals surface area (Å²) in [5, 5.41) is 4.42. The Morgan fingerprint density at radius 2 is 2.20 bits per heavy atom. The van der Waals surface area contributed by atoms with E-state index in [1.807, 2.05) is 19.1 Å². The first-order valence-corrected chi connectivity index (χ1v) is 8.41. The van der Waals surface area contributed by atoms with Gasteiger partial charge in [-0.3, -0.25) is 14.1 Å². The van der Waals surface area contributed by atoms with E-state index in [0.29, 0.717) is 18.1 Å². The Labute approximate surface area is 144 Å². The summed E-state index contributed by atoms with van der Waals surface area (Å²) in [5.41, 5.74) is 8.23. The molecule has 1 fully saturated rings. The number of nitrogen functional groups attached to an aromatic ring is 1. The fourth-order valence-corrected chi connectivity index (χ4v) is 3.46. The Kier molecular flexibility index (Phi) is 3.76. The Hall–Kier alpha value is -2.74. The van der Waals surface area contributed by atoms with Crippen LogP contribution in [-0.2, 0) is 13.6 Å². The summed E-state index contributed by atoms with van der Waals surface area (Å²) in [4.78, 5) is 23.7. The second-order valence-electron chi connectivity index (χ2n) is 6.55. The zero-order valence-electron chi connectivity index (χ0n) is 14.4. The lowest BCUT2D eigenvalue weighted by Gasteiger charge is -2.21. The molecule has 0 radical (unpaired) electrons. The van der Waals surface area contributed by atoms with Crippen molar-refractivity contribution in [1.29, 1.82) is 0 Å². The van der Waals surface area contributed by atoms with Gasteiger partial charge in [-0.25, -0.2) is 9.67 Å². The van der Waals surface area contributed by atoms with Crippen LogP contribution < -0.4 is 11.3 Å². The highest BCUT2D eigenvalue weighted by molar-refractivity contribution is 5.46. The smallest absolute Gasteiger partial charge is 0.258 e. The van der Waals surface area contributed by atoms with Crippen molar-refractivity contribution >= 4 is 11.6 Å². The molecule has 1 aliphatic rings. The summed E-state index contributed by atoms with van der Waals surface area (Å²) in [6.07, 6.45) is 3.80. The van der Waals surface area contributed by atoms with Gasteiger partial charge in [0.05, 0.1) is 11.7 Å². The molecule has 3 aromatic heterocycles. The fraction of sp³-hybridized carbons (Fsp3) is 0.412. The number of rotatable bonds is 3.